The smallest absolute Gasteiger partial charge is 0.264 e. The third kappa shape index (κ3) is 6.48. The van der Waals surface area contributed by atoms with Crippen LogP contribution in [0, 0.1) is 0 Å². The lowest BCUT2D eigenvalue weighted by atomic mass is 10.0. The van der Waals surface area contributed by atoms with Crippen LogP contribution in [0.1, 0.15) is 25.3 Å². The zero-order valence-electron chi connectivity index (χ0n) is 20.9. The molecule has 8 nitrogen and oxygen atoms in total. The van der Waals surface area contributed by atoms with Crippen molar-refractivity contribution in [1.29, 1.82) is 0 Å². The predicted octanol–water partition coefficient (Wildman–Crippen LogP) is 4.22. The fourth-order valence-electron chi connectivity index (χ4n) is 3.64. The van der Waals surface area contributed by atoms with Gasteiger partial charge in [-0.25, -0.2) is 8.42 Å². The second kappa shape index (κ2) is 12.3. The molecule has 3 aromatic carbocycles. The SMILES string of the molecule is COc1ccc(S(=O)(=O)N(CC(=O)NCCOc2ccccc2C(C)C)c2ccccc2OC)cc1. The van der Waals surface area contributed by atoms with E-state index in [-0.39, 0.29) is 23.7 Å². The van der Waals surface area contributed by atoms with Crippen molar-refractivity contribution < 1.29 is 27.4 Å². The number of methoxy groups -OCH3 is 2. The average Bonchev–Trinajstić information content (AvgIpc) is 2.89. The Bertz CT molecular complexity index is 1260. The summed E-state index contributed by atoms with van der Waals surface area (Å²) in [5, 5.41) is 2.75. The van der Waals surface area contributed by atoms with Crippen LogP contribution in [-0.4, -0.2) is 48.2 Å². The minimum Gasteiger partial charge on any atom is -0.497 e. The summed E-state index contributed by atoms with van der Waals surface area (Å²) in [6.45, 7) is 4.19. The number of carbonyl (C=O) groups excluding carboxylic acids is 1. The molecule has 0 fully saturated rings. The number of sulfonamides is 1. The molecule has 0 aliphatic carbocycles. The van der Waals surface area contributed by atoms with Crippen molar-refractivity contribution in [3.8, 4) is 17.2 Å². The molecule has 0 radical (unpaired) electrons. The molecule has 0 aliphatic rings. The molecule has 0 saturated heterocycles. The first-order valence-corrected chi connectivity index (χ1v) is 13.0. The predicted molar refractivity (Wildman–Crippen MR) is 140 cm³/mol. The van der Waals surface area contributed by atoms with E-state index in [0.29, 0.717) is 17.4 Å². The quantitative estimate of drug-likeness (QED) is 0.365. The van der Waals surface area contributed by atoms with Crippen molar-refractivity contribution >= 4 is 21.6 Å². The van der Waals surface area contributed by atoms with Gasteiger partial charge in [0.1, 0.15) is 30.4 Å². The number of anilines is 1. The summed E-state index contributed by atoms with van der Waals surface area (Å²) in [4.78, 5) is 12.9. The number of nitrogens with zero attached hydrogens (tertiary/aromatic N) is 1. The Labute approximate surface area is 212 Å². The first-order valence-electron chi connectivity index (χ1n) is 11.6. The summed E-state index contributed by atoms with van der Waals surface area (Å²) in [5.74, 6) is 1.44. The Morgan fingerprint density at radius 1 is 0.889 bits per heavy atom. The number of ether oxygens (including phenoxy) is 3. The maximum Gasteiger partial charge on any atom is 0.264 e. The molecule has 0 bridgehead atoms. The van der Waals surface area contributed by atoms with Gasteiger partial charge in [-0.05, 0) is 53.9 Å². The van der Waals surface area contributed by atoms with E-state index in [1.165, 1.54) is 26.4 Å². The van der Waals surface area contributed by atoms with Crippen LogP contribution in [0.3, 0.4) is 0 Å². The molecule has 0 unspecified atom stereocenters. The van der Waals surface area contributed by atoms with Crippen LogP contribution < -0.4 is 23.8 Å². The Morgan fingerprint density at radius 3 is 2.17 bits per heavy atom. The van der Waals surface area contributed by atoms with E-state index in [9.17, 15) is 13.2 Å². The highest BCUT2D eigenvalue weighted by molar-refractivity contribution is 7.92. The van der Waals surface area contributed by atoms with Gasteiger partial charge in [0, 0.05) is 0 Å². The third-order valence-corrected chi connectivity index (χ3v) is 7.29. The van der Waals surface area contributed by atoms with Crippen molar-refractivity contribution in [3.05, 3.63) is 78.4 Å². The molecule has 9 heteroatoms. The molecule has 0 atom stereocenters. The second-order valence-electron chi connectivity index (χ2n) is 8.25. The number of hydrogen-bond acceptors (Lipinski definition) is 6. The second-order valence-corrected chi connectivity index (χ2v) is 10.1. The van der Waals surface area contributed by atoms with Gasteiger partial charge in [-0.3, -0.25) is 9.10 Å². The van der Waals surface area contributed by atoms with E-state index in [1.54, 1.807) is 36.4 Å². The highest BCUT2D eigenvalue weighted by Gasteiger charge is 2.29. The molecule has 0 heterocycles. The minimum atomic E-state index is -4.09. The maximum absolute atomic E-state index is 13.6. The van der Waals surface area contributed by atoms with Gasteiger partial charge in [-0.15, -0.1) is 0 Å². The molecular formula is C27H32N2O6S. The molecule has 1 amide bonds. The van der Waals surface area contributed by atoms with E-state index in [0.717, 1.165) is 15.6 Å². The molecule has 3 aromatic rings. The first kappa shape index (κ1) is 26.9. The van der Waals surface area contributed by atoms with Crippen LogP contribution in [0.15, 0.2) is 77.7 Å². The highest BCUT2D eigenvalue weighted by atomic mass is 32.2. The average molecular weight is 513 g/mol. The van der Waals surface area contributed by atoms with Crippen molar-refractivity contribution in [2.24, 2.45) is 0 Å². The van der Waals surface area contributed by atoms with Crippen molar-refractivity contribution in [3.63, 3.8) is 0 Å². The van der Waals surface area contributed by atoms with Gasteiger partial charge in [0.05, 0.1) is 31.3 Å². The molecule has 0 spiro atoms. The van der Waals surface area contributed by atoms with Gasteiger partial charge in [0.25, 0.3) is 10.0 Å². The lowest BCUT2D eigenvalue weighted by Gasteiger charge is -2.25. The summed E-state index contributed by atoms with van der Waals surface area (Å²) in [7, 11) is -1.14. The Kier molecular flexibility index (Phi) is 9.19. The molecule has 3 rings (SSSR count). The summed E-state index contributed by atoms with van der Waals surface area (Å²) in [5.41, 5.74) is 1.34. The Balaban J connectivity index is 1.75. The summed E-state index contributed by atoms with van der Waals surface area (Å²) < 4.78 is 44.6. The fourth-order valence-corrected chi connectivity index (χ4v) is 5.07. The van der Waals surface area contributed by atoms with E-state index >= 15 is 0 Å². The van der Waals surface area contributed by atoms with Crippen LogP contribution in [0.2, 0.25) is 0 Å². The van der Waals surface area contributed by atoms with E-state index < -0.39 is 22.5 Å². The largest absolute Gasteiger partial charge is 0.497 e. The van der Waals surface area contributed by atoms with E-state index in [1.807, 2.05) is 24.3 Å². The summed E-state index contributed by atoms with van der Waals surface area (Å²) in [6.07, 6.45) is 0. The molecule has 36 heavy (non-hydrogen) atoms. The molecule has 0 aromatic heterocycles. The molecular weight excluding hydrogens is 480 g/mol. The first-order chi connectivity index (χ1) is 17.3. The lowest BCUT2D eigenvalue weighted by molar-refractivity contribution is -0.119. The Morgan fingerprint density at radius 2 is 1.53 bits per heavy atom. The van der Waals surface area contributed by atoms with Crippen molar-refractivity contribution in [2.45, 2.75) is 24.7 Å². The number of amides is 1. The van der Waals surface area contributed by atoms with Crippen LogP contribution in [0.5, 0.6) is 17.2 Å². The number of carbonyl (C=O) groups is 1. The van der Waals surface area contributed by atoms with Gasteiger partial charge in [0.15, 0.2) is 0 Å². The molecule has 0 saturated carbocycles. The topological polar surface area (TPSA) is 94.2 Å². The highest BCUT2D eigenvalue weighted by Crippen LogP contribution is 2.32. The molecule has 0 aliphatic heterocycles. The number of para-hydroxylation sites is 3. The Hall–Kier alpha value is -3.72. The zero-order chi connectivity index (χ0) is 26.1. The van der Waals surface area contributed by atoms with E-state index in [2.05, 4.69) is 19.2 Å². The minimum absolute atomic E-state index is 0.0237. The monoisotopic (exact) mass is 512 g/mol. The van der Waals surface area contributed by atoms with Gasteiger partial charge in [-0.2, -0.15) is 0 Å². The van der Waals surface area contributed by atoms with Gasteiger partial charge in [-0.1, -0.05) is 44.2 Å². The summed E-state index contributed by atoms with van der Waals surface area (Å²) >= 11 is 0. The van der Waals surface area contributed by atoms with E-state index in [4.69, 9.17) is 14.2 Å². The van der Waals surface area contributed by atoms with Crippen molar-refractivity contribution in [1.82, 2.24) is 5.32 Å². The maximum atomic E-state index is 13.6. The van der Waals surface area contributed by atoms with Crippen molar-refractivity contribution in [2.75, 3.05) is 38.2 Å². The van der Waals surface area contributed by atoms with Crippen LogP contribution >= 0.6 is 0 Å². The van der Waals surface area contributed by atoms with Gasteiger partial charge >= 0.3 is 0 Å². The molecule has 1 N–H and O–H groups in total. The van der Waals surface area contributed by atoms with Crippen LogP contribution in [0.25, 0.3) is 0 Å². The number of benzene rings is 3. The number of hydrogen-bond donors (Lipinski definition) is 1. The normalized spacial score (nSPS) is 11.1. The molecule has 192 valence electrons. The fraction of sp³-hybridized carbons (Fsp3) is 0.296. The van der Waals surface area contributed by atoms with Gasteiger partial charge < -0.3 is 19.5 Å². The number of nitrogens with one attached hydrogen (secondary N) is 1. The standard InChI is InChI=1S/C27H32N2O6S/c1-20(2)23-9-5-7-11-25(23)35-18-17-28-27(30)19-29(24-10-6-8-12-26(24)34-4)36(31,32)22-15-13-21(33-3)14-16-22/h5-16,20H,17-19H2,1-4H3,(H,28,30). The third-order valence-electron chi connectivity index (χ3n) is 5.51. The summed E-state index contributed by atoms with van der Waals surface area (Å²) in [6, 6.07) is 20.4. The number of rotatable bonds is 12. The van der Waals surface area contributed by atoms with Gasteiger partial charge in [0.2, 0.25) is 5.91 Å². The zero-order valence-corrected chi connectivity index (χ0v) is 21.7. The lowest BCUT2D eigenvalue weighted by Crippen LogP contribution is -2.42. The van der Waals surface area contributed by atoms with Crippen LogP contribution in [0.4, 0.5) is 5.69 Å². The van der Waals surface area contributed by atoms with Crippen LogP contribution in [-0.2, 0) is 14.8 Å².